The van der Waals surface area contributed by atoms with Gasteiger partial charge in [0.1, 0.15) is 0 Å². The van der Waals surface area contributed by atoms with Crippen LogP contribution in [0, 0.1) is 0 Å². The van der Waals surface area contributed by atoms with E-state index in [0.717, 1.165) is 31.3 Å². The van der Waals surface area contributed by atoms with E-state index in [4.69, 9.17) is 4.42 Å². The molecule has 2 heterocycles. The molecule has 1 aromatic rings. The molecule has 1 atom stereocenters. The lowest BCUT2D eigenvalue weighted by molar-refractivity contribution is 0.208. The zero-order chi connectivity index (χ0) is 10.3. The van der Waals surface area contributed by atoms with Crippen LogP contribution < -0.4 is 5.32 Å². The van der Waals surface area contributed by atoms with Crippen LogP contribution in [0.25, 0.3) is 0 Å². The van der Waals surface area contributed by atoms with Crippen molar-refractivity contribution < 1.29 is 4.42 Å². The Balaban J connectivity index is 1.80. The lowest BCUT2D eigenvalue weighted by Crippen LogP contribution is -2.30. The van der Waals surface area contributed by atoms with Gasteiger partial charge in [-0.1, -0.05) is 13.3 Å². The highest BCUT2D eigenvalue weighted by Gasteiger charge is 2.39. The molecular formula is C11H17N3O. The van der Waals surface area contributed by atoms with Gasteiger partial charge in [-0.25, -0.2) is 0 Å². The first-order chi connectivity index (χ1) is 7.28. The van der Waals surface area contributed by atoms with E-state index in [1.807, 2.05) is 0 Å². The number of nitrogens with one attached hydrogen (secondary N) is 1. The van der Waals surface area contributed by atoms with Crippen LogP contribution in [0.1, 0.15) is 50.3 Å². The van der Waals surface area contributed by atoms with E-state index in [1.54, 1.807) is 0 Å². The number of hydrogen-bond donors (Lipinski definition) is 1. The third-order valence-corrected chi connectivity index (χ3v) is 3.82. The average molecular weight is 207 g/mol. The fourth-order valence-corrected chi connectivity index (χ4v) is 2.43. The summed E-state index contributed by atoms with van der Waals surface area (Å²) in [6.45, 7) is 4.28. The number of aromatic nitrogens is 2. The third-order valence-electron chi connectivity index (χ3n) is 3.82. The van der Waals surface area contributed by atoms with Crippen molar-refractivity contribution in [1.29, 1.82) is 0 Å². The lowest BCUT2D eigenvalue weighted by atomic mass is 9.70. The van der Waals surface area contributed by atoms with Gasteiger partial charge in [-0.3, -0.25) is 0 Å². The molecule has 1 aromatic heterocycles. The van der Waals surface area contributed by atoms with Crippen molar-refractivity contribution in [3.63, 3.8) is 0 Å². The van der Waals surface area contributed by atoms with Crippen molar-refractivity contribution in [2.24, 2.45) is 0 Å². The molecule has 4 heteroatoms. The maximum Gasteiger partial charge on any atom is 0.222 e. The first-order valence-corrected chi connectivity index (χ1v) is 5.82. The highest BCUT2D eigenvalue weighted by molar-refractivity contribution is 5.08. The molecule has 1 saturated carbocycles. The summed E-state index contributed by atoms with van der Waals surface area (Å²) in [5, 5.41) is 11.7. The standard InChI is InChI=1S/C11H17N3O/c1-11(4-2-5-11)10-14-13-9(15-10)8-3-6-12-7-8/h8,12H,2-7H2,1H3. The maximum atomic E-state index is 5.81. The predicted molar refractivity (Wildman–Crippen MR) is 55.7 cm³/mol. The Hall–Kier alpha value is -0.900. The van der Waals surface area contributed by atoms with Crippen LogP contribution in [0.4, 0.5) is 0 Å². The van der Waals surface area contributed by atoms with Crippen molar-refractivity contribution in [3.8, 4) is 0 Å². The predicted octanol–water partition coefficient (Wildman–Crippen LogP) is 1.59. The van der Waals surface area contributed by atoms with Gasteiger partial charge < -0.3 is 9.73 Å². The van der Waals surface area contributed by atoms with Gasteiger partial charge in [0.15, 0.2) is 0 Å². The van der Waals surface area contributed by atoms with Crippen LogP contribution >= 0.6 is 0 Å². The molecule has 2 aliphatic rings. The van der Waals surface area contributed by atoms with Crippen molar-refractivity contribution in [2.45, 2.75) is 43.9 Å². The van der Waals surface area contributed by atoms with E-state index in [9.17, 15) is 0 Å². The normalized spacial score (nSPS) is 29.0. The van der Waals surface area contributed by atoms with E-state index in [1.165, 1.54) is 19.3 Å². The molecule has 4 nitrogen and oxygen atoms in total. The van der Waals surface area contributed by atoms with Crippen LogP contribution in [0.3, 0.4) is 0 Å². The van der Waals surface area contributed by atoms with Gasteiger partial charge in [-0.05, 0) is 25.8 Å². The molecule has 1 unspecified atom stereocenters. The molecule has 0 amide bonds. The minimum atomic E-state index is 0.178. The molecular weight excluding hydrogens is 190 g/mol. The highest BCUT2D eigenvalue weighted by Crippen LogP contribution is 2.42. The summed E-state index contributed by atoms with van der Waals surface area (Å²) in [6.07, 6.45) is 4.80. The van der Waals surface area contributed by atoms with Crippen molar-refractivity contribution in [2.75, 3.05) is 13.1 Å². The van der Waals surface area contributed by atoms with Crippen LogP contribution in [0.2, 0.25) is 0 Å². The topological polar surface area (TPSA) is 51.0 Å². The quantitative estimate of drug-likeness (QED) is 0.800. The summed E-state index contributed by atoms with van der Waals surface area (Å²) in [6, 6.07) is 0. The monoisotopic (exact) mass is 207 g/mol. The molecule has 1 aliphatic carbocycles. The average Bonchev–Trinajstić information content (AvgIpc) is 2.84. The maximum absolute atomic E-state index is 5.81. The Morgan fingerprint density at radius 2 is 2.27 bits per heavy atom. The minimum Gasteiger partial charge on any atom is -0.424 e. The summed E-state index contributed by atoms with van der Waals surface area (Å²) < 4.78 is 5.81. The Morgan fingerprint density at radius 1 is 1.40 bits per heavy atom. The first-order valence-electron chi connectivity index (χ1n) is 5.82. The summed E-state index contributed by atoms with van der Waals surface area (Å²) in [7, 11) is 0. The molecule has 1 saturated heterocycles. The summed E-state index contributed by atoms with van der Waals surface area (Å²) in [5.74, 6) is 2.13. The second-order valence-corrected chi connectivity index (χ2v) is 5.05. The molecule has 0 spiro atoms. The zero-order valence-electron chi connectivity index (χ0n) is 9.12. The number of rotatable bonds is 2. The van der Waals surface area contributed by atoms with Crippen LogP contribution in [0.5, 0.6) is 0 Å². The molecule has 1 aliphatic heterocycles. The fraction of sp³-hybridized carbons (Fsp3) is 0.818. The molecule has 1 N–H and O–H groups in total. The number of hydrogen-bond acceptors (Lipinski definition) is 4. The molecule has 0 radical (unpaired) electrons. The summed E-state index contributed by atoms with van der Waals surface area (Å²) >= 11 is 0. The molecule has 3 rings (SSSR count). The Kier molecular flexibility index (Phi) is 2.06. The SMILES string of the molecule is CC1(c2nnc(C3CCNC3)o2)CCC1. The molecule has 0 bridgehead atoms. The van der Waals surface area contributed by atoms with E-state index in [-0.39, 0.29) is 5.41 Å². The minimum absolute atomic E-state index is 0.178. The smallest absolute Gasteiger partial charge is 0.222 e. The third kappa shape index (κ3) is 1.47. The second kappa shape index (κ2) is 3.30. The Labute approximate surface area is 89.5 Å². The van der Waals surface area contributed by atoms with Crippen LogP contribution in [0.15, 0.2) is 4.42 Å². The van der Waals surface area contributed by atoms with E-state index < -0.39 is 0 Å². The highest BCUT2D eigenvalue weighted by atomic mass is 16.4. The fourth-order valence-electron chi connectivity index (χ4n) is 2.43. The second-order valence-electron chi connectivity index (χ2n) is 5.05. The lowest BCUT2D eigenvalue weighted by Gasteiger charge is -2.34. The molecule has 15 heavy (non-hydrogen) atoms. The van der Waals surface area contributed by atoms with Gasteiger partial charge in [-0.2, -0.15) is 0 Å². The van der Waals surface area contributed by atoms with Crippen LogP contribution in [-0.2, 0) is 5.41 Å². The summed E-state index contributed by atoms with van der Waals surface area (Å²) in [4.78, 5) is 0. The van der Waals surface area contributed by atoms with Gasteiger partial charge in [0, 0.05) is 12.0 Å². The van der Waals surface area contributed by atoms with E-state index >= 15 is 0 Å². The molecule has 0 aromatic carbocycles. The zero-order valence-corrected chi connectivity index (χ0v) is 9.12. The van der Waals surface area contributed by atoms with Crippen molar-refractivity contribution in [3.05, 3.63) is 11.8 Å². The van der Waals surface area contributed by atoms with E-state index in [2.05, 4.69) is 22.4 Å². The van der Waals surface area contributed by atoms with E-state index in [0.29, 0.717) is 5.92 Å². The van der Waals surface area contributed by atoms with Gasteiger partial charge in [0.25, 0.3) is 0 Å². The molecule has 82 valence electrons. The van der Waals surface area contributed by atoms with Gasteiger partial charge in [0.2, 0.25) is 11.8 Å². The first kappa shape index (κ1) is 9.33. The largest absolute Gasteiger partial charge is 0.424 e. The summed E-state index contributed by atoms with van der Waals surface area (Å²) in [5.41, 5.74) is 0.178. The van der Waals surface area contributed by atoms with Gasteiger partial charge in [0.05, 0.1) is 5.92 Å². The molecule has 2 fully saturated rings. The number of nitrogens with zero attached hydrogens (tertiary/aromatic N) is 2. The van der Waals surface area contributed by atoms with Gasteiger partial charge in [-0.15, -0.1) is 10.2 Å². The Morgan fingerprint density at radius 3 is 2.87 bits per heavy atom. The Bertz CT molecular complexity index is 350. The van der Waals surface area contributed by atoms with Crippen molar-refractivity contribution >= 4 is 0 Å². The van der Waals surface area contributed by atoms with Crippen molar-refractivity contribution in [1.82, 2.24) is 15.5 Å². The van der Waals surface area contributed by atoms with Crippen LogP contribution in [-0.4, -0.2) is 23.3 Å². The van der Waals surface area contributed by atoms with Gasteiger partial charge >= 0.3 is 0 Å².